The molecule has 0 radical (unpaired) electrons. The quantitative estimate of drug-likeness (QED) is 0.754. The third kappa shape index (κ3) is 2.11. The normalized spacial score (nSPS) is 40.5. The van der Waals surface area contributed by atoms with Gasteiger partial charge < -0.3 is 4.90 Å². The van der Waals surface area contributed by atoms with Gasteiger partial charge in [-0.05, 0) is 30.6 Å². The minimum Gasteiger partial charge on any atom is -0.340 e. The highest BCUT2D eigenvalue weighted by molar-refractivity contribution is 8.00. The van der Waals surface area contributed by atoms with E-state index in [1.165, 1.54) is 19.3 Å². The van der Waals surface area contributed by atoms with E-state index in [0.29, 0.717) is 23.0 Å². The molecule has 0 N–H and O–H groups in total. The summed E-state index contributed by atoms with van der Waals surface area (Å²) in [5, 5.41) is 0.659. The van der Waals surface area contributed by atoms with Gasteiger partial charge in [-0.15, -0.1) is 0 Å². The van der Waals surface area contributed by atoms with Crippen molar-refractivity contribution in [1.29, 1.82) is 0 Å². The lowest BCUT2D eigenvalue weighted by atomic mass is 10.1. The van der Waals surface area contributed by atoms with Crippen LogP contribution in [-0.4, -0.2) is 34.9 Å². The van der Waals surface area contributed by atoms with Crippen molar-refractivity contribution in [1.82, 2.24) is 4.90 Å². The van der Waals surface area contributed by atoms with E-state index in [-0.39, 0.29) is 0 Å². The summed E-state index contributed by atoms with van der Waals surface area (Å²) in [6.45, 7) is 6.54. The largest absolute Gasteiger partial charge is 0.340 e. The lowest BCUT2D eigenvalue weighted by Gasteiger charge is -2.34. The number of thioether (sulfide) groups is 1. The monoisotopic (exact) mass is 253 g/mol. The van der Waals surface area contributed by atoms with E-state index in [1.54, 1.807) is 0 Å². The smallest absolute Gasteiger partial charge is 0.226 e. The van der Waals surface area contributed by atoms with Gasteiger partial charge in [0.05, 0.1) is 0 Å². The number of fused-ring (bicyclic) bond motifs is 1. The molecule has 17 heavy (non-hydrogen) atoms. The van der Waals surface area contributed by atoms with Crippen molar-refractivity contribution in [2.75, 3.05) is 18.8 Å². The van der Waals surface area contributed by atoms with Crippen LogP contribution in [0.25, 0.3) is 0 Å². The van der Waals surface area contributed by atoms with Gasteiger partial charge in [-0.3, -0.25) is 4.79 Å². The van der Waals surface area contributed by atoms with Crippen molar-refractivity contribution in [3.63, 3.8) is 0 Å². The van der Waals surface area contributed by atoms with E-state index in [9.17, 15) is 4.79 Å². The van der Waals surface area contributed by atoms with Crippen molar-refractivity contribution in [2.45, 2.75) is 38.4 Å². The third-order valence-electron chi connectivity index (χ3n) is 4.84. The van der Waals surface area contributed by atoms with Gasteiger partial charge in [0.1, 0.15) is 0 Å². The number of amides is 1. The maximum absolute atomic E-state index is 12.5. The van der Waals surface area contributed by atoms with Crippen LogP contribution in [0.3, 0.4) is 0 Å². The number of rotatable bonds is 2. The van der Waals surface area contributed by atoms with Crippen LogP contribution in [0.15, 0.2) is 0 Å². The van der Waals surface area contributed by atoms with Crippen LogP contribution in [0.5, 0.6) is 0 Å². The highest BCUT2D eigenvalue weighted by Crippen LogP contribution is 2.58. The molecule has 1 heterocycles. The summed E-state index contributed by atoms with van der Waals surface area (Å²) in [6.07, 6.45) is 4.00. The molecule has 1 aliphatic heterocycles. The predicted molar refractivity (Wildman–Crippen MR) is 72.0 cm³/mol. The Labute approximate surface area is 109 Å². The van der Waals surface area contributed by atoms with Crippen LogP contribution in [-0.2, 0) is 4.79 Å². The van der Waals surface area contributed by atoms with Crippen molar-refractivity contribution >= 4 is 17.7 Å². The van der Waals surface area contributed by atoms with Crippen LogP contribution in [0.2, 0.25) is 0 Å². The summed E-state index contributed by atoms with van der Waals surface area (Å²) in [4.78, 5) is 14.6. The van der Waals surface area contributed by atoms with Crippen LogP contribution in [0.4, 0.5) is 0 Å². The molecule has 2 nitrogen and oxygen atoms in total. The molecule has 0 bridgehead atoms. The average molecular weight is 253 g/mol. The number of hydrogen-bond acceptors (Lipinski definition) is 2. The van der Waals surface area contributed by atoms with E-state index in [0.717, 1.165) is 30.7 Å². The fraction of sp³-hybridized carbons (Fsp3) is 0.929. The third-order valence-corrected chi connectivity index (χ3v) is 6.38. The molecule has 1 saturated heterocycles. The molecule has 96 valence electrons. The molecule has 3 rings (SSSR count). The highest BCUT2D eigenvalue weighted by Gasteiger charge is 2.57. The number of hydrogen-bond donors (Lipinski definition) is 0. The second-order valence-corrected chi connectivity index (χ2v) is 7.57. The molecule has 3 heteroatoms. The summed E-state index contributed by atoms with van der Waals surface area (Å²) in [7, 11) is 0. The average Bonchev–Trinajstić information content (AvgIpc) is 2.81. The van der Waals surface area contributed by atoms with Crippen molar-refractivity contribution in [2.24, 2.45) is 23.7 Å². The fourth-order valence-electron chi connectivity index (χ4n) is 3.68. The molecule has 0 spiro atoms. The molecule has 3 unspecified atom stereocenters. The summed E-state index contributed by atoms with van der Waals surface area (Å²) in [5.74, 6) is 4.29. The maximum atomic E-state index is 12.5. The van der Waals surface area contributed by atoms with Crippen molar-refractivity contribution in [3.8, 4) is 0 Å². The van der Waals surface area contributed by atoms with Gasteiger partial charge in [0.15, 0.2) is 0 Å². The maximum Gasteiger partial charge on any atom is 0.226 e. The van der Waals surface area contributed by atoms with Gasteiger partial charge in [0.2, 0.25) is 5.91 Å². The number of nitrogens with zero attached hydrogens (tertiary/aromatic N) is 1. The van der Waals surface area contributed by atoms with Crippen molar-refractivity contribution in [3.05, 3.63) is 0 Å². The number of carbonyl (C=O) groups excluding carboxylic acids is 1. The first-order valence-electron chi connectivity index (χ1n) is 7.09. The lowest BCUT2D eigenvalue weighted by molar-refractivity contribution is -0.133. The Kier molecular flexibility index (Phi) is 3.14. The molecule has 3 fully saturated rings. The Bertz CT molecular complexity index is 307. The van der Waals surface area contributed by atoms with Gasteiger partial charge in [-0.2, -0.15) is 11.8 Å². The molecular weight excluding hydrogens is 230 g/mol. The Hall–Kier alpha value is -0.180. The first-order valence-corrected chi connectivity index (χ1v) is 8.13. The fourth-order valence-corrected chi connectivity index (χ4v) is 4.98. The zero-order chi connectivity index (χ0) is 12.0. The minimum atomic E-state index is 0.430. The second kappa shape index (κ2) is 4.49. The molecule has 3 aliphatic rings. The van der Waals surface area contributed by atoms with E-state index in [1.807, 2.05) is 0 Å². The second-order valence-electron chi connectivity index (χ2n) is 6.22. The number of carbonyl (C=O) groups is 1. The Morgan fingerprint density at radius 2 is 2.00 bits per heavy atom. The Morgan fingerprint density at radius 1 is 1.29 bits per heavy atom. The van der Waals surface area contributed by atoms with E-state index >= 15 is 0 Å². The van der Waals surface area contributed by atoms with Crippen LogP contribution < -0.4 is 0 Å². The van der Waals surface area contributed by atoms with Gasteiger partial charge in [-0.25, -0.2) is 0 Å². The molecule has 2 aliphatic carbocycles. The molecule has 2 saturated carbocycles. The SMILES string of the molecule is CC(C)C1CN(C(=O)C2C3CCCC32)CCS1. The van der Waals surface area contributed by atoms with E-state index < -0.39 is 0 Å². The van der Waals surface area contributed by atoms with Gasteiger partial charge in [0.25, 0.3) is 0 Å². The van der Waals surface area contributed by atoms with E-state index in [4.69, 9.17) is 0 Å². The van der Waals surface area contributed by atoms with Gasteiger partial charge in [0, 0.05) is 30.0 Å². The Morgan fingerprint density at radius 3 is 2.65 bits per heavy atom. The topological polar surface area (TPSA) is 20.3 Å². The zero-order valence-electron chi connectivity index (χ0n) is 10.9. The molecule has 0 aromatic heterocycles. The summed E-state index contributed by atoms with van der Waals surface area (Å²) < 4.78 is 0. The van der Waals surface area contributed by atoms with Crippen LogP contribution in [0.1, 0.15) is 33.1 Å². The van der Waals surface area contributed by atoms with Crippen LogP contribution >= 0.6 is 11.8 Å². The minimum absolute atomic E-state index is 0.430. The first-order chi connectivity index (χ1) is 8.18. The first kappa shape index (κ1) is 11.9. The Balaban J connectivity index is 1.59. The standard InChI is InChI=1S/C14H23NOS/c1-9(2)12-8-15(6-7-17-12)14(16)13-10-4-3-5-11(10)13/h9-13H,3-8H2,1-2H3. The molecule has 3 atom stereocenters. The van der Waals surface area contributed by atoms with Crippen LogP contribution in [0, 0.1) is 23.7 Å². The molecule has 0 aromatic rings. The summed E-state index contributed by atoms with van der Waals surface area (Å²) in [6, 6.07) is 0. The molecule has 1 amide bonds. The predicted octanol–water partition coefficient (Wildman–Crippen LogP) is 2.63. The summed E-state index contributed by atoms with van der Waals surface area (Å²) >= 11 is 2.05. The summed E-state index contributed by atoms with van der Waals surface area (Å²) in [5.41, 5.74) is 0. The van der Waals surface area contributed by atoms with Gasteiger partial charge in [-0.1, -0.05) is 20.3 Å². The molecule has 0 aromatic carbocycles. The van der Waals surface area contributed by atoms with E-state index in [2.05, 4.69) is 30.5 Å². The lowest BCUT2D eigenvalue weighted by Crippen LogP contribution is -2.44. The zero-order valence-corrected chi connectivity index (χ0v) is 11.7. The highest BCUT2D eigenvalue weighted by atomic mass is 32.2. The molecular formula is C14H23NOS. The van der Waals surface area contributed by atoms with Gasteiger partial charge >= 0.3 is 0 Å². The van der Waals surface area contributed by atoms with Crippen molar-refractivity contribution < 1.29 is 4.79 Å².